The van der Waals surface area contributed by atoms with Crippen LogP contribution in [0.5, 0.6) is 0 Å². The van der Waals surface area contributed by atoms with E-state index < -0.39 is 0 Å². The molecule has 0 spiro atoms. The van der Waals surface area contributed by atoms with Crippen LogP contribution >= 0.6 is 11.3 Å². The SMILES string of the molecule is O=C(NCc1ccccc1)N(CCc1csc2nc(-c3ccccc3)cn12)Cc1ccccc1. The lowest BCUT2D eigenvalue weighted by Crippen LogP contribution is -2.40. The summed E-state index contributed by atoms with van der Waals surface area (Å²) in [6.45, 7) is 1.68. The smallest absolute Gasteiger partial charge is 0.317 e. The van der Waals surface area contributed by atoms with E-state index in [1.165, 1.54) is 0 Å². The van der Waals surface area contributed by atoms with Crippen LogP contribution in [0.25, 0.3) is 16.2 Å². The Labute approximate surface area is 203 Å². The van der Waals surface area contributed by atoms with E-state index >= 15 is 0 Å². The first-order chi connectivity index (χ1) is 16.8. The van der Waals surface area contributed by atoms with Crippen molar-refractivity contribution in [3.63, 3.8) is 0 Å². The van der Waals surface area contributed by atoms with Crippen LogP contribution in [0, 0.1) is 0 Å². The third-order valence-corrected chi connectivity index (χ3v) is 6.67. The summed E-state index contributed by atoms with van der Waals surface area (Å²) >= 11 is 1.63. The van der Waals surface area contributed by atoms with E-state index in [0.29, 0.717) is 19.6 Å². The summed E-state index contributed by atoms with van der Waals surface area (Å²) in [6.07, 6.45) is 2.84. The molecule has 5 aromatic rings. The maximum absolute atomic E-state index is 13.1. The number of hydrogen-bond donors (Lipinski definition) is 1. The topological polar surface area (TPSA) is 49.6 Å². The van der Waals surface area contributed by atoms with Crippen LogP contribution < -0.4 is 5.32 Å². The summed E-state index contributed by atoms with van der Waals surface area (Å²) in [6, 6.07) is 30.3. The second-order valence-corrected chi connectivity index (χ2v) is 9.01. The average Bonchev–Trinajstić information content (AvgIpc) is 3.48. The van der Waals surface area contributed by atoms with Crippen molar-refractivity contribution in [2.75, 3.05) is 6.54 Å². The van der Waals surface area contributed by atoms with Crippen molar-refractivity contribution in [2.24, 2.45) is 0 Å². The maximum Gasteiger partial charge on any atom is 0.317 e. The first-order valence-corrected chi connectivity index (χ1v) is 12.3. The average molecular weight is 467 g/mol. The number of hydrogen-bond acceptors (Lipinski definition) is 3. The number of nitrogens with one attached hydrogen (secondary N) is 1. The van der Waals surface area contributed by atoms with E-state index in [1.54, 1.807) is 11.3 Å². The molecule has 5 nitrogen and oxygen atoms in total. The molecule has 0 atom stereocenters. The van der Waals surface area contributed by atoms with Gasteiger partial charge in [-0.05, 0) is 11.1 Å². The van der Waals surface area contributed by atoms with Gasteiger partial charge >= 0.3 is 6.03 Å². The molecule has 6 heteroatoms. The van der Waals surface area contributed by atoms with E-state index in [0.717, 1.165) is 39.5 Å². The molecule has 2 amide bonds. The van der Waals surface area contributed by atoms with E-state index in [-0.39, 0.29) is 6.03 Å². The van der Waals surface area contributed by atoms with Crippen molar-refractivity contribution in [1.82, 2.24) is 19.6 Å². The number of fused-ring (bicyclic) bond motifs is 1. The van der Waals surface area contributed by atoms with Gasteiger partial charge in [-0.3, -0.25) is 4.40 Å². The molecule has 1 N–H and O–H groups in total. The lowest BCUT2D eigenvalue weighted by Gasteiger charge is -2.23. The highest BCUT2D eigenvalue weighted by Crippen LogP contribution is 2.24. The minimum Gasteiger partial charge on any atom is -0.334 e. The molecule has 0 fully saturated rings. The van der Waals surface area contributed by atoms with Crippen molar-refractivity contribution in [3.05, 3.63) is 119 Å². The Balaban J connectivity index is 1.31. The Bertz CT molecular complexity index is 1350. The number of thiazole rings is 1. The number of rotatable bonds is 8. The van der Waals surface area contributed by atoms with Gasteiger partial charge < -0.3 is 10.2 Å². The zero-order chi connectivity index (χ0) is 23.2. The maximum atomic E-state index is 13.1. The van der Waals surface area contributed by atoms with Gasteiger partial charge in [-0.1, -0.05) is 91.0 Å². The Hall–Kier alpha value is -3.90. The number of benzene rings is 3. The first-order valence-electron chi connectivity index (χ1n) is 11.4. The molecule has 3 aromatic carbocycles. The molecule has 0 aliphatic rings. The fourth-order valence-corrected chi connectivity index (χ4v) is 4.86. The highest BCUT2D eigenvalue weighted by Gasteiger charge is 2.16. The zero-order valence-electron chi connectivity index (χ0n) is 18.8. The number of carbonyl (C=O) groups excluding carboxylic acids is 1. The predicted molar refractivity (Wildman–Crippen MR) is 138 cm³/mol. The molecule has 0 radical (unpaired) electrons. The third-order valence-electron chi connectivity index (χ3n) is 5.78. The molecule has 0 bridgehead atoms. The van der Waals surface area contributed by atoms with Crippen molar-refractivity contribution >= 4 is 22.3 Å². The molecule has 2 aromatic heterocycles. The first kappa shape index (κ1) is 21.9. The van der Waals surface area contributed by atoms with E-state index in [2.05, 4.69) is 45.6 Å². The molecule has 170 valence electrons. The van der Waals surface area contributed by atoms with Gasteiger partial charge in [0.2, 0.25) is 0 Å². The molecule has 5 rings (SSSR count). The predicted octanol–water partition coefficient (Wildman–Crippen LogP) is 6.02. The molecule has 0 unspecified atom stereocenters. The molecule has 0 aliphatic heterocycles. The minimum atomic E-state index is -0.0604. The van der Waals surface area contributed by atoms with Gasteiger partial charge in [-0.25, -0.2) is 9.78 Å². The van der Waals surface area contributed by atoms with Crippen molar-refractivity contribution < 1.29 is 4.79 Å². The summed E-state index contributed by atoms with van der Waals surface area (Å²) < 4.78 is 2.15. The molecule has 0 aliphatic carbocycles. The van der Waals surface area contributed by atoms with Gasteiger partial charge in [0.15, 0.2) is 4.96 Å². The zero-order valence-corrected chi connectivity index (χ0v) is 19.6. The number of amides is 2. The van der Waals surface area contributed by atoms with E-state index in [9.17, 15) is 4.79 Å². The highest BCUT2D eigenvalue weighted by molar-refractivity contribution is 7.15. The quantitative estimate of drug-likeness (QED) is 0.304. The monoisotopic (exact) mass is 466 g/mol. The normalized spacial score (nSPS) is 10.9. The molecule has 34 heavy (non-hydrogen) atoms. The molecular weight excluding hydrogens is 440 g/mol. The minimum absolute atomic E-state index is 0.0604. The summed E-state index contributed by atoms with van der Waals surface area (Å²) in [5.41, 5.74) is 5.43. The van der Waals surface area contributed by atoms with Crippen LogP contribution in [0.3, 0.4) is 0 Å². The van der Waals surface area contributed by atoms with Gasteiger partial charge in [0.05, 0.1) is 5.69 Å². The van der Waals surface area contributed by atoms with Crippen LogP contribution in [0.4, 0.5) is 4.79 Å². The van der Waals surface area contributed by atoms with Crippen LogP contribution in [-0.4, -0.2) is 26.9 Å². The third kappa shape index (κ3) is 5.18. The standard InChI is InChI=1S/C28H26N4OS/c33-27(29-18-22-10-4-1-5-11-22)31(19-23-12-6-2-7-13-23)17-16-25-21-34-28-30-26(20-32(25)28)24-14-8-3-9-15-24/h1-15,20-21H,16-19H2,(H,29,33). The number of carbonyl (C=O) groups is 1. The van der Waals surface area contributed by atoms with Crippen LogP contribution in [0.15, 0.2) is 103 Å². The van der Waals surface area contributed by atoms with Gasteiger partial charge in [0, 0.05) is 48.9 Å². The van der Waals surface area contributed by atoms with Crippen LogP contribution in [0.2, 0.25) is 0 Å². The Morgan fingerprint density at radius 2 is 1.53 bits per heavy atom. The van der Waals surface area contributed by atoms with Gasteiger partial charge in [-0.2, -0.15) is 0 Å². The molecule has 0 saturated heterocycles. The van der Waals surface area contributed by atoms with Gasteiger partial charge in [0.25, 0.3) is 0 Å². The Morgan fingerprint density at radius 3 is 2.24 bits per heavy atom. The second-order valence-electron chi connectivity index (χ2n) is 8.17. The van der Waals surface area contributed by atoms with Crippen molar-refractivity contribution in [2.45, 2.75) is 19.5 Å². The van der Waals surface area contributed by atoms with Gasteiger partial charge in [0.1, 0.15) is 0 Å². The van der Waals surface area contributed by atoms with E-state index in [1.807, 2.05) is 71.6 Å². The summed E-state index contributed by atoms with van der Waals surface area (Å²) in [5, 5.41) is 5.22. The molecule has 2 heterocycles. The van der Waals surface area contributed by atoms with Crippen molar-refractivity contribution in [1.29, 1.82) is 0 Å². The largest absolute Gasteiger partial charge is 0.334 e. The Morgan fingerprint density at radius 1 is 0.882 bits per heavy atom. The fraction of sp³-hybridized carbons (Fsp3) is 0.143. The number of nitrogens with zero attached hydrogens (tertiary/aromatic N) is 3. The van der Waals surface area contributed by atoms with Crippen LogP contribution in [-0.2, 0) is 19.5 Å². The molecular formula is C28H26N4OS. The molecule has 0 saturated carbocycles. The summed E-state index contributed by atoms with van der Waals surface area (Å²) in [7, 11) is 0. The van der Waals surface area contributed by atoms with Gasteiger partial charge in [-0.15, -0.1) is 11.3 Å². The number of aromatic nitrogens is 2. The highest BCUT2D eigenvalue weighted by atomic mass is 32.1. The second kappa shape index (κ2) is 10.4. The number of urea groups is 1. The fourth-order valence-electron chi connectivity index (χ4n) is 3.95. The number of imidazole rings is 1. The lowest BCUT2D eigenvalue weighted by molar-refractivity contribution is 0.195. The van der Waals surface area contributed by atoms with Crippen LogP contribution in [0.1, 0.15) is 16.8 Å². The summed E-state index contributed by atoms with van der Waals surface area (Å²) in [5.74, 6) is 0. The Kier molecular flexibility index (Phi) is 6.68. The summed E-state index contributed by atoms with van der Waals surface area (Å²) in [4.78, 5) is 20.8. The van der Waals surface area contributed by atoms with E-state index in [4.69, 9.17) is 4.98 Å². The van der Waals surface area contributed by atoms with Crippen molar-refractivity contribution in [3.8, 4) is 11.3 Å². The lowest BCUT2D eigenvalue weighted by atomic mass is 10.2.